The van der Waals surface area contributed by atoms with E-state index in [4.69, 9.17) is 11.2 Å². The van der Waals surface area contributed by atoms with E-state index < -0.39 is 11.7 Å². The van der Waals surface area contributed by atoms with Crippen LogP contribution in [0.1, 0.15) is 46.0 Å². The number of aliphatic hydroxyl groups excluding tert-OH is 1. The van der Waals surface area contributed by atoms with E-state index in [1.54, 1.807) is 0 Å². The van der Waals surface area contributed by atoms with Crippen LogP contribution in [0.4, 0.5) is 0 Å². The summed E-state index contributed by atoms with van der Waals surface area (Å²) in [7, 11) is 0. The molecule has 1 aliphatic carbocycles. The van der Waals surface area contributed by atoms with Crippen LogP contribution < -0.4 is 5.32 Å². The number of rotatable bonds is 6. The molecule has 1 saturated carbocycles. The van der Waals surface area contributed by atoms with Gasteiger partial charge in [0.15, 0.2) is 0 Å². The molecule has 0 aromatic rings. The van der Waals surface area contributed by atoms with Crippen molar-refractivity contribution < 1.29 is 9.84 Å². The molecule has 4 heteroatoms. The standard InChI is InChI=1S/C14H25NO2.ClH/c1-4-14(8-6-5-7-9-14)17-11-13(16)10-15-12(2)3;/h1,12-13,15-16H,5-11H2,2-3H3;1H. The fourth-order valence-electron chi connectivity index (χ4n) is 2.14. The molecule has 0 radical (unpaired) electrons. The Morgan fingerprint density at radius 3 is 2.44 bits per heavy atom. The van der Waals surface area contributed by atoms with Crippen LogP contribution in [-0.2, 0) is 4.74 Å². The zero-order chi connectivity index (χ0) is 12.7. The molecule has 18 heavy (non-hydrogen) atoms. The molecule has 0 aromatic carbocycles. The SMILES string of the molecule is C#CC1(OCC(O)CNC(C)C)CCCCC1.Cl. The van der Waals surface area contributed by atoms with Gasteiger partial charge < -0.3 is 15.2 Å². The van der Waals surface area contributed by atoms with E-state index in [1.165, 1.54) is 6.42 Å². The Bertz CT molecular complexity index is 257. The van der Waals surface area contributed by atoms with Gasteiger partial charge in [0.25, 0.3) is 0 Å². The lowest BCUT2D eigenvalue weighted by Crippen LogP contribution is -2.40. The van der Waals surface area contributed by atoms with Crippen LogP contribution in [0.15, 0.2) is 0 Å². The van der Waals surface area contributed by atoms with Gasteiger partial charge in [0.05, 0.1) is 12.7 Å². The number of terminal acetylenes is 1. The van der Waals surface area contributed by atoms with Crippen LogP contribution in [0, 0.1) is 12.3 Å². The second-order valence-corrected chi connectivity index (χ2v) is 5.23. The Morgan fingerprint density at radius 2 is 1.94 bits per heavy atom. The molecule has 2 N–H and O–H groups in total. The van der Waals surface area contributed by atoms with Crippen molar-refractivity contribution in [2.45, 2.75) is 63.7 Å². The summed E-state index contributed by atoms with van der Waals surface area (Å²) >= 11 is 0. The molecule has 0 spiro atoms. The first-order valence-corrected chi connectivity index (χ1v) is 6.61. The predicted octanol–water partition coefficient (Wildman–Crippen LogP) is 2.12. The van der Waals surface area contributed by atoms with Crippen LogP contribution in [0.25, 0.3) is 0 Å². The maximum atomic E-state index is 9.78. The van der Waals surface area contributed by atoms with Crippen molar-refractivity contribution in [1.82, 2.24) is 5.32 Å². The summed E-state index contributed by atoms with van der Waals surface area (Å²) in [5, 5.41) is 13.0. The van der Waals surface area contributed by atoms with Crippen molar-refractivity contribution in [2.24, 2.45) is 0 Å². The third-order valence-electron chi connectivity index (χ3n) is 3.24. The van der Waals surface area contributed by atoms with Crippen LogP contribution >= 0.6 is 12.4 Å². The number of hydrogen-bond acceptors (Lipinski definition) is 3. The van der Waals surface area contributed by atoms with Crippen molar-refractivity contribution >= 4 is 12.4 Å². The fraction of sp³-hybridized carbons (Fsp3) is 0.857. The average Bonchev–Trinajstić information content (AvgIpc) is 2.35. The van der Waals surface area contributed by atoms with Crippen molar-refractivity contribution in [3.63, 3.8) is 0 Å². The molecule has 0 amide bonds. The highest BCUT2D eigenvalue weighted by Crippen LogP contribution is 2.30. The van der Waals surface area contributed by atoms with Gasteiger partial charge in [-0.2, -0.15) is 0 Å². The summed E-state index contributed by atoms with van der Waals surface area (Å²) < 4.78 is 5.79. The van der Waals surface area contributed by atoms with Crippen LogP contribution in [-0.4, -0.2) is 36.0 Å². The molecule has 0 bridgehead atoms. The van der Waals surface area contributed by atoms with E-state index in [9.17, 15) is 5.11 Å². The Labute approximate surface area is 117 Å². The number of nitrogens with one attached hydrogen (secondary N) is 1. The van der Waals surface area contributed by atoms with E-state index in [-0.39, 0.29) is 12.4 Å². The second-order valence-electron chi connectivity index (χ2n) is 5.23. The smallest absolute Gasteiger partial charge is 0.128 e. The highest BCUT2D eigenvalue weighted by molar-refractivity contribution is 5.85. The average molecular weight is 276 g/mol. The van der Waals surface area contributed by atoms with Crippen LogP contribution in [0.5, 0.6) is 0 Å². The fourth-order valence-corrected chi connectivity index (χ4v) is 2.14. The molecule has 1 atom stereocenters. The van der Waals surface area contributed by atoms with Gasteiger partial charge in [-0.3, -0.25) is 0 Å². The molecule has 0 aromatic heterocycles. The Morgan fingerprint density at radius 1 is 1.33 bits per heavy atom. The zero-order valence-electron chi connectivity index (χ0n) is 11.4. The second kappa shape index (κ2) is 8.77. The van der Waals surface area contributed by atoms with Gasteiger partial charge in [-0.25, -0.2) is 0 Å². The summed E-state index contributed by atoms with van der Waals surface area (Å²) in [6.45, 7) is 4.98. The lowest BCUT2D eigenvalue weighted by molar-refractivity contribution is -0.0632. The van der Waals surface area contributed by atoms with Gasteiger partial charge in [0, 0.05) is 12.6 Å². The van der Waals surface area contributed by atoms with Gasteiger partial charge in [0.1, 0.15) is 5.60 Å². The minimum absolute atomic E-state index is 0. The first-order chi connectivity index (χ1) is 8.08. The normalized spacial score (nSPS) is 19.9. The zero-order valence-corrected chi connectivity index (χ0v) is 12.3. The molecule has 0 aliphatic heterocycles. The monoisotopic (exact) mass is 275 g/mol. The number of halogens is 1. The molecular weight excluding hydrogens is 250 g/mol. The van der Waals surface area contributed by atoms with Gasteiger partial charge in [0.2, 0.25) is 0 Å². The summed E-state index contributed by atoms with van der Waals surface area (Å²) in [5.41, 5.74) is -0.420. The largest absolute Gasteiger partial charge is 0.389 e. The molecule has 0 heterocycles. The van der Waals surface area contributed by atoms with Gasteiger partial charge >= 0.3 is 0 Å². The van der Waals surface area contributed by atoms with Crippen molar-refractivity contribution in [2.75, 3.05) is 13.2 Å². The highest BCUT2D eigenvalue weighted by Gasteiger charge is 2.31. The lowest BCUT2D eigenvalue weighted by atomic mass is 9.85. The molecule has 1 aliphatic rings. The minimum Gasteiger partial charge on any atom is -0.389 e. The van der Waals surface area contributed by atoms with Gasteiger partial charge in [-0.05, 0) is 25.7 Å². The van der Waals surface area contributed by atoms with Crippen LogP contribution in [0.2, 0.25) is 0 Å². The molecule has 1 unspecified atom stereocenters. The highest BCUT2D eigenvalue weighted by atomic mass is 35.5. The molecule has 3 nitrogen and oxygen atoms in total. The number of hydrogen-bond donors (Lipinski definition) is 2. The molecular formula is C14H26ClNO2. The van der Waals surface area contributed by atoms with Crippen molar-refractivity contribution in [3.05, 3.63) is 0 Å². The van der Waals surface area contributed by atoms with E-state index in [1.807, 2.05) is 0 Å². The molecule has 1 fully saturated rings. The molecule has 0 saturated heterocycles. The Hall–Kier alpha value is -0.270. The third-order valence-corrected chi connectivity index (χ3v) is 3.24. The topological polar surface area (TPSA) is 41.5 Å². The Balaban J connectivity index is 0.00000289. The summed E-state index contributed by atoms with van der Waals surface area (Å²) in [4.78, 5) is 0. The van der Waals surface area contributed by atoms with E-state index >= 15 is 0 Å². The molecule has 1 rings (SSSR count). The van der Waals surface area contributed by atoms with E-state index in [0.29, 0.717) is 19.2 Å². The lowest BCUT2D eigenvalue weighted by Gasteiger charge is -2.33. The number of ether oxygens (including phenoxy) is 1. The van der Waals surface area contributed by atoms with Crippen LogP contribution in [0.3, 0.4) is 0 Å². The summed E-state index contributed by atoms with van der Waals surface area (Å²) in [5.74, 6) is 2.78. The summed E-state index contributed by atoms with van der Waals surface area (Å²) in [6.07, 6.45) is 10.4. The molecule has 106 valence electrons. The maximum Gasteiger partial charge on any atom is 0.128 e. The van der Waals surface area contributed by atoms with Crippen molar-refractivity contribution in [1.29, 1.82) is 0 Å². The summed E-state index contributed by atoms with van der Waals surface area (Å²) in [6, 6.07) is 0.376. The predicted molar refractivity (Wildman–Crippen MR) is 77.0 cm³/mol. The van der Waals surface area contributed by atoms with E-state index in [0.717, 1.165) is 25.7 Å². The third kappa shape index (κ3) is 6.06. The van der Waals surface area contributed by atoms with Gasteiger partial charge in [-0.1, -0.05) is 26.2 Å². The first-order valence-electron chi connectivity index (χ1n) is 6.61. The minimum atomic E-state index is -0.482. The maximum absolute atomic E-state index is 9.78. The van der Waals surface area contributed by atoms with Gasteiger partial charge in [-0.15, -0.1) is 18.8 Å². The quantitative estimate of drug-likeness (QED) is 0.730. The first kappa shape index (κ1) is 17.7. The Kier molecular flexibility index (Phi) is 8.64. The van der Waals surface area contributed by atoms with Crippen molar-refractivity contribution in [3.8, 4) is 12.3 Å². The van der Waals surface area contributed by atoms with E-state index in [2.05, 4.69) is 25.1 Å². The number of aliphatic hydroxyl groups is 1.